The molecule has 9 aromatic carbocycles. The van der Waals surface area contributed by atoms with Crippen LogP contribution in [-0.2, 0) is 10.8 Å². The molecule has 5 aliphatic rings. The van der Waals surface area contributed by atoms with E-state index in [9.17, 15) is 0 Å². The maximum Gasteiger partial charge on any atom is 0.252 e. The zero-order valence-corrected chi connectivity index (χ0v) is 44.5. The van der Waals surface area contributed by atoms with Gasteiger partial charge in [-0.25, -0.2) is 0 Å². The molecule has 1 atom stereocenters. The number of rotatable bonds is 6. The summed E-state index contributed by atoms with van der Waals surface area (Å²) in [5.74, 6) is 3.27. The molecule has 1 aliphatic carbocycles. The van der Waals surface area contributed by atoms with Crippen LogP contribution in [0.3, 0.4) is 0 Å². The fourth-order valence-electron chi connectivity index (χ4n) is 13.0. The molecule has 366 valence electrons. The molecule has 4 aliphatic heterocycles. The lowest BCUT2D eigenvalue weighted by Gasteiger charge is -2.46. The third-order valence-corrected chi connectivity index (χ3v) is 17.9. The minimum Gasteiger partial charge on any atom is -0.457 e. The second kappa shape index (κ2) is 16.7. The number of para-hydroxylation sites is 4. The third-order valence-electron chi connectivity index (χ3n) is 16.5. The number of hydrogen-bond donors (Lipinski definition) is 0. The van der Waals surface area contributed by atoms with Gasteiger partial charge in [-0.05, 0) is 122 Å². The summed E-state index contributed by atoms with van der Waals surface area (Å²) in [6.07, 6.45) is 8.02. The second-order valence-corrected chi connectivity index (χ2v) is 24.4. The molecule has 8 heteroatoms. The van der Waals surface area contributed by atoms with Crippen LogP contribution < -0.4 is 46.6 Å². The summed E-state index contributed by atoms with van der Waals surface area (Å²) >= 11 is 1.99. The van der Waals surface area contributed by atoms with Crippen LogP contribution in [0, 0.1) is 0 Å². The number of benzene rings is 9. The van der Waals surface area contributed by atoms with Crippen molar-refractivity contribution < 1.29 is 9.47 Å². The summed E-state index contributed by atoms with van der Waals surface area (Å²) in [7, 11) is 0. The van der Waals surface area contributed by atoms with Crippen LogP contribution in [0.1, 0.15) is 59.1 Å². The first-order valence-corrected chi connectivity index (χ1v) is 27.7. The number of nitrogens with zero attached hydrogens (tertiary/aromatic N) is 3. The van der Waals surface area contributed by atoms with Crippen molar-refractivity contribution in [2.75, 3.05) is 9.80 Å². The molecule has 5 heterocycles. The van der Waals surface area contributed by atoms with Crippen molar-refractivity contribution in [3.8, 4) is 28.7 Å². The minimum atomic E-state index is -0.0774. The number of ether oxygens (including phenoxy) is 2. The molecule has 0 saturated heterocycles. The third kappa shape index (κ3) is 6.96. The monoisotopic (exact) mass is 999 g/mol. The molecule has 1 aromatic heterocycles. The van der Waals surface area contributed by atoms with Gasteiger partial charge in [-0.1, -0.05) is 168 Å². The van der Waals surface area contributed by atoms with Gasteiger partial charge in [0.25, 0.3) is 6.71 Å². The Morgan fingerprint density at radius 2 is 1.03 bits per heavy atom. The van der Waals surface area contributed by atoms with Crippen molar-refractivity contribution in [2.45, 2.75) is 68.9 Å². The van der Waals surface area contributed by atoms with Crippen LogP contribution in [-0.4, -0.2) is 23.2 Å². The molecule has 0 fully saturated rings. The van der Waals surface area contributed by atoms with Gasteiger partial charge >= 0.3 is 0 Å². The van der Waals surface area contributed by atoms with Crippen molar-refractivity contribution in [3.05, 3.63) is 223 Å². The molecule has 0 spiro atoms. The maximum atomic E-state index is 7.06. The molecule has 1 unspecified atom stereocenters. The summed E-state index contributed by atoms with van der Waals surface area (Å²) in [4.78, 5) is 6.31. The Morgan fingerprint density at radius 1 is 0.474 bits per heavy atom. The van der Waals surface area contributed by atoms with Crippen molar-refractivity contribution in [1.82, 2.24) is 4.57 Å². The topological polar surface area (TPSA) is 29.9 Å². The average Bonchev–Trinajstić information content (AvgIpc) is 3.89. The van der Waals surface area contributed by atoms with Crippen LogP contribution in [0.2, 0.25) is 0 Å². The molecular weight excluding hydrogens is 944 g/mol. The molecule has 0 radical (unpaired) electrons. The van der Waals surface area contributed by atoms with E-state index in [0.29, 0.717) is 5.25 Å². The van der Waals surface area contributed by atoms with Gasteiger partial charge in [0, 0.05) is 84.4 Å². The first-order valence-electron chi connectivity index (χ1n) is 26.8. The van der Waals surface area contributed by atoms with Gasteiger partial charge in [0.15, 0.2) is 0 Å². The van der Waals surface area contributed by atoms with Crippen molar-refractivity contribution >= 4 is 108 Å². The van der Waals surface area contributed by atoms with Crippen molar-refractivity contribution in [3.63, 3.8) is 0 Å². The van der Waals surface area contributed by atoms with Gasteiger partial charge in [-0.2, -0.15) is 0 Å². The number of allylic oxidation sites excluding steroid dienone is 3. The van der Waals surface area contributed by atoms with Crippen LogP contribution in [0.4, 0.5) is 34.1 Å². The number of anilines is 6. The Labute approximate surface area is 450 Å². The lowest BCUT2D eigenvalue weighted by atomic mass is 9.30. The van der Waals surface area contributed by atoms with E-state index in [1.807, 2.05) is 11.8 Å². The predicted molar refractivity (Wildman–Crippen MR) is 322 cm³/mol. The highest BCUT2D eigenvalue weighted by Gasteiger charge is 2.48. The van der Waals surface area contributed by atoms with Crippen LogP contribution in [0.5, 0.6) is 23.0 Å². The van der Waals surface area contributed by atoms with Crippen molar-refractivity contribution in [2.24, 2.45) is 0 Å². The first kappa shape index (κ1) is 45.3. The van der Waals surface area contributed by atoms with Gasteiger partial charge in [0.1, 0.15) is 23.0 Å². The standard InChI is InChI=1S/C68H55B2N3O2S/c1-67(2,3)42-28-32-46(33-29-42)74-48-36-59-64-60(37-48)73-56-26-15-13-22-50(56)51-23-17-25-53(66(51)73)70(64)55-40-54-57(41-58(55)71(59)44-18-9-7-10-19-44)72(45-20-11-8-12-21-45)61-38-49(75-47-34-30-43(31-35-47)68(4,5)6)39-63-65(61)69(54)52-24-14-16-27-62(52)76-63/h7-26,28-41,62H,27H2,1-6H3. The van der Waals surface area contributed by atoms with Gasteiger partial charge in [-0.3, -0.25) is 0 Å². The fourth-order valence-corrected chi connectivity index (χ4v) is 14.4. The Hall–Kier alpha value is -8.06. The smallest absolute Gasteiger partial charge is 0.252 e. The van der Waals surface area contributed by atoms with E-state index in [-0.39, 0.29) is 24.3 Å². The summed E-state index contributed by atoms with van der Waals surface area (Å²) in [6, 6.07) is 69.5. The Bertz CT molecular complexity index is 4100. The molecule has 5 nitrogen and oxygen atoms in total. The maximum absolute atomic E-state index is 7.06. The molecule has 10 aromatic rings. The van der Waals surface area contributed by atoms with Crippen LogP contribution >= 0.6 is 11.8 Å². The zero-order valence-electron chi connectivity index (χ0n) is 43.6. The fraction of sp³-hybridized carbons (Fsp3) is 0.147. The highest BCUT2D eigenvalue weighted by atomic mass is 32.2. The van der Waals surface area contributed by atoms with E-state index in [1.165, 1.54) is 76.3 Å². The minimum absolute atomic E-state index is 0.0258. The first-order chi connectivity index (χ1) is 36.9. The van der Waals surface area contributed by atoms with E-state index >= 15 is 0 Å². The van der Waals surface area contributed by atoms with Crippen LogP contribution in [0.25, 0.3) is 27.5 Å². The number of hydrogen-bond acceptors (Lipinski definition) is 5. The number of thioether (sulfide) groups is 1. The number of fused-ring (bicyclic) bond motifs is 11. The summed E-state index contributed by atoms with van der Waals surface area (Å²) in [5.41, 5.74) is 21.0. The molecule has 76 heavy (non-hydrogen) atoms. The summed E-state index contributed by atoms with van der Waals surface area (Å²) in [5, 5.41) is 2.80. The van der Waals surface area contributed by atoms with Crippen LogP contribution in [0.15, 0.2) is 217 Å². The highest BCUT2D eigenvalue weighted by Crippen LogP contribution is 2.50. The molecular formula is C68H55B2N3O2S. The molecule has 0 N–H and O–H groups in total. The Balaban J connectivity index is 1.00. The average molecular weight is 1000 g/mol. The normalized spacial score (nSPS) is 15.7. The molecule has 0 amide bonds. The zero-order chi connectivity index (χ0) is 51.2. The summed E-state index contributed by atoms with van der Waals surface area (Å²) < 4.78 is 16.5. The van der Waals surface area contributed by atoms with Crippen molar-refractivity contribution in [1.29, 1.82) is 0 Å². The second-order valence-electron chi connectivity index (χ2n) is 23.2. The largest absolute Gasteiger partial charge is 0.457 e. The Morgan fingerprint density at radius 3 is 1.66 bits per heavy atom. The Kier molecular flexibility index (Phi) is 9.98. The molecule has 0 saturated carbocycles. The quantitative estimate of drug-likeness (QED) is 0.155. The number of aromatic nitrogens is 1. The van der Waals surface area contributed by atoms with Gasteiger partial charge in [0.2, 0.25) is 6.71 Å². The van der Waals surface area contributed by atoms with Gasteiger partial charge in [-0.15, -0.1) is 11.8 Å². The van der Waals surface area contributed by atoms with E-state index in [4.69, 9.17) is 9.47 Å². The van der Waals surface area contributed by atoms with E-state index in [0.717, 1.165) is 63.5 Å². The lowest BCUT2D eigenvalue weighted by molar-refractivity contribution is 0.480. The molecule has 0 bridgehead atoms. The lowest BCUT2D eigenvalue weighted by Crippen LogP contribution is -2.63. The molecule has 15 rings (SSSR count). The van der Waals surface area contributed by atoms with E-state index < -0.39 is 0 Å². The van der Waals surface area contributed by atoms with Gasteiger partial charge in [0.05, 0.1) is 5.52 Å². The van der Waals surface area contributed by atoms with E-state index in [2.05, 4.69) is 262 Å². The highest BCUT2D eigenvalue weighted by molar-refractivity contribution is 8.00. The SMILES string of the molecule is CC(C)(C)c1ccc(Oc2cc3c4c(c2)N(c2ccccc2)c2cc5c(cc2B4C2=CC=CCC2S3)B2c3c(cc(Oc4ccc(C(C)(C)C)cc4)cc3-n3c4ccccc4c4cccc2c43)N5c2ccccc2)cc1. The van der Waals surface area contributed by atoms with Gasteiger partial charge < -0.3 is 23.8 Å². The summed E-state index contributed by atoms with van der Waals surface area (Å²) in [6.45, 7) is 13.5. The predicted octanol–water partition coefficient (Wildman–Crippen LogP) is 14.9. The van der Waals surface area contributed by atoms with E-state index in [1.54, 1.807) is 0 Å².